The first-order chi connectivity index (χ1) is 9.88. The van der Waals surface area contributed by atoms with Gasteiger partial charge in [-0.25, -0.2) is 4.39 Å². The van der Waals surface area contributed by atoms with Gasteiger partial charge in [-0.05, 0) is 30.7 Å². The Morgan fingerprint density at radius 3 is 2.52 bits per heavy atom. The average molecular weight is 329 g/mol. The number of nitrogens with zero attached hydrogens (tertiary/aromatic N) is 1. The lowest BCUT2D eigenvalue weighted by Gasteiger charge is -2.16. The first-order valence-electron chi connectivity index (χ1n) is 6.04. The molecule has 7 heteroatoms. The van der Waals surface area contributed by atoms with Crippen LogP contribution in [0.3, 0.4) is 0 Å². The van der Waals surface area contributed by atoms with Crippen molar-refractivity contribution in [1.82, 2.24) is 0 Å². The Morgan fingerprint density at radius 2 is 1.90 bits per heavy atom. The summed E-state index contributed by atoms with van der Waals surface area (Å²) in [7, 11) is 0. The maximum Gasteiger partial charge on any atom is 0.292 e. The van der Waals surface area contributed by atoms with Crippen LogP contribution < -0.4 is 5.32 Å². The standard InChI is InChI=1S/C14H11Cl2FN2O2/c1-8(9-2-4-11(15)12(16)6-9)18-13-7-10(17)3-5-14(13)19(20)21/h2-8,18H,1H3. The van der Waals surface area contributed by atoms with Crippen molar-refractivity contribution in [2.45, 2.75) is 13.0 Å². The van der Waals surface area contributed by atoms with Crippen molar-refractivity contribution in [3.8, 4) is 0 Å². The summed E-state index contributed by atoms with van der Waals surface area (Å²) in [6.45, 7) is 1.79. The lowest BCUT2D eigenvalue weighted by molar-refractivity contribution is -0.384. The highest BCUT2D eigenvalue weighted by molar-refractivity contribution is 6.42. The minimum atomic E-state index is -0.566. The number of hydrogen-bond acceptors (Lipinski definition) is 3. The number of nitro benzene ring substituents is 1. The van der Waals surface area contributed by atoms with Crippen LogP contribution in [0.2, 0.25) is 10.0 Å². The van der Waals surface area contributed by atoms with Crippen LogP contribution in [0.5, 0.6) is 0 Å². The molecule has 2 rings (SSSR count). The Morgan fingerprint density at radius 1 is 1.19 bits per heavy atom. The topological polar surface area (TPSA) is 55.2 Å². The fourth-order valence-corrected chi connectivity index (χ4v) is 2.19. The van der Waals surface area contributed by atoms with Crippen LogP contribution >= 0.6 is 23.2 Å². The van der Waals surface area contributed by atoms with Gasteiger partial charge < -0.3 is 5.32 Å². The van der Waals surface area contributed by atoms with Gasteiger partial charge in [0.05, 0.1) is 15.0 Å². The molecule has 0 bridgehead atoms. The summed E-state index contributed by atoms with van der Waals surface area (Å²) in [6, 6.07) is 8.00. The van der Waals surface area contributed by atoms with Crippen molar-refractivity contribution in [2.24, 2.45) is 0 Å². The van der Waals surface area contributed by atoms with Crippen molar-refractivity contribution in [3.05, 3.63) is 67.9 Å². The van der Waals surface area contributed by atoms with E-state index in [-0.39, 0.29) is 17.4 Å². The first-order valence-corrected chi connectivity index (χ1v) is 6.79. The van der Waals surface area contributed by atoms with Gasteiger partial charge in [0.15, 0.2) is 0 Å². The molecule has 0 aliphatic heterocycles. The van der Waals surface area contributed by atoms with E-state index >= 15 is 0 Å². The summed E-state index contributed by atoms with van der Waals surface area (Å²) in [4.78, 5) is 10.4. The van der Waals surface area contributed by atoms with Crippen molar-refractivity contribution >= 4 is 34.6 Å². The zero-order valence-electron chi connectivity index (χ0n) is 10.9. The second-order valence-corrected chi connectivity index (χ2v) is 5.27. The van der Waals surface area contributed by atoms with E-state index in [2.05, 4.69) is 5.32 Å². The molecule has 1 unspecified atom stereocenters. The van der Waals surface area contributed by atoms with Gasteiger partial charge in [-0.3, -0.25) is 10.1 Å². The van der Waals surface area contributed by atoms with E-state index in [4.69, 9.17) is 23.2 Å². The molecule has 0 amide bonds. The molecule has 2 aromatic rings. The Kier molecular flexibility index (Phi) is 4.65. The van der Waals surface area contributed by atoms with Crippen LogP contribution in [0, 0.1) is 15.9 Å². The summed E-state index contributed by atoms with van der Waals surface area (Å²) in [6.07, 6.45) is 0. The van der Waals surface area contributed by atoms with Gasteiger partial charge in [0.2, 0.25) is 0 Å². The van der Waals surface area contributed by atoms with Gasteiger partial charge in [-0.2, -0.15) is 0 Å². The van der Waals surface area contributed by atoms with Gasteiger partial charge >= 0.3 is 0 Å². The Bertz CT molecular complexity index is 695. The predicted octanol–water partition coefficient (Wildman–Crippen LogP) is 5.21. The molecule has 0 aliphatic rings. The number of rotatable bonds is 4. The van der Waals surface area contributed by atoms with Crippen LogP contribution in [0.25, 0.3) is 0 Å². The summed E-state index contributed by atoms with van der Waals surface area (Å²) in [5.74, 6) is -0.551. The maximum absolute atomic E-state index is 13.3. The normalized spacial score (nSPS) is 12.0. The van der Waals surface area contributed by atoms with E-state index in [1.807, 2.05) is 0 Å². The van der Waals surface area contributed by atoms with Crippen LogP contribution in [0.15, 0.2) is 36.4 Å². The third-order valence-electron chi connectivity index (χ3n) is 2.97. The summed E-state index contributed by atoms with van der Waals surface area (Å²) < 4.78 is 13.3. The second-order valence-electron chi connectivity index (χ2n) is 4.46. The summed E-state index contributed by atoms with van der Waals surface area (Å²) >= 11 is 11.8. The van der Waals surface area contributed by atoms with Crippen molar-refractivity contribution in [2.75, 3.05) is 5.32 Å². The van der Waals surface area contributed by atoms with Gasteiger partial charge in [0.25, 0.3) is 5.69 Å². The molecule has 4 nitrogen and oxygen atoms in total. The van der Waals surface area contributed by atoms with Gasteiger partial charge in [-0.1, -0.05) is 29.3 Å². The average Bonchev–Trinajstić information content (AvgIpc) is 2.41. The molecule has 0 spiro atoms. The molecule has 0 aromatic heterocycles. The van der Waals surface area contributed by atoms with Crippen molar-refractivity contribution < 1.29 is 9.31 Å². The third-order valence-corrected chi connectivity index (χ3v) is 3.71. The minimum Gasteiger partial charge on any atom is -0.373 e. The van der Waals surface area contributed by atoms with Crippen molar-refractivity contribution in [3.63, 3.8) is 0 Å². The number of halogens is 3. The van der Waals surface area contributed by atoms with E-state index in [1.165, 1.54) is 0 Å². The van der Waals surface area contributed by atoms with Crippen LogP contribution in [0.1, 0.15) is 18.5 Å². The second kappa shape index (κ2) is 6.28. The van der Waals surface area contributed by atoms with E-state index in [0.29, 0.717) is 10.0 Å². The molecule has 0 saturated carbocycles. The lowest BCUT2D eigenvalue weighted by Crippen LogP contribution is -2.08. The van der Waals surface area contributed by atoms with E-state index in [9.17, 15) is 14.5 Å². The molecule has 0 saturated heterocycles. The molecule has 0 fully saturated rings. The molecule has 0 aliphatic carbocycles. The Hall–Kier alpha value is -1.85. The van der Waals surface area contributed by atoms with Gasteiger partial charge in [0.1, 0.15) is 11.5 Å². The number of nitro groups is 1. The molecule has 110 valence electrons. The molecule has 1 atom stereocenters. The molecule has 21 heavy (non-hydrogen) atoms. The highest BCUT2D eigenvalue weighted by atomic mass is 35.5. The van der Waals surface area contributed by atoms with Crippen LogP contribution in [-0.4, -0.2) is 4.92 Å². The van der Waals surface area contributed by atoms with Crippen molar-refractivity contribution in [1.29, 1.82) is 0 Å². The Balaban J connectivity index is 2.30. The van der Waals surface area contributed by atoms with Crippen LogP contribution in [0.4, 0.5) is 15.8 Å². The number of anilines is 1. The smallest absolute Gasteiger partial charge is 0.292 e. The van der Waals surface area contributed by atoms with E-state index in [1.54, 1.807) is 25.1 Å². The van der Waals surface area contributed by atoms with E-state index < -0.39 is 10.7 Å². The Labute approximate surface area is 130 Å². The quantitative estimate of drug-likeness (QED) is 0.618. The van der Waals surface area contributed by atoms with Gasteiger partial charge in [-0.15, -0.1) is 0 Å². The SMILES string of the molecule is CC(Nc1cc(F)ccc1[N+](=O)[O-])c1ccc(Cl)c(Cl)c1. The highest BCUT2D eigenvalue weighted by Gasteiger charge is 2.17. The zero-order chi connectivity index (χ0) is 15.6. The monoisotopic (exact) mass is 328 g/mol. The van der Waals surface area contributed by atoms with E-state index in [0.717, 1.165) is 23.8 Å². The largest absolute Gasteiger partial charge is 0.373 e. The third kappa shape index (κ3) is 3.62. The zero-order valence-corrected chi connectivity index (χ0v) is 12.5. The first kappa shape index (κ1) is 15.5. The molecule has 1 N–H and O–H groups in total. The maximum atomic E-state index is 13.3. The molecule has 2 aromatic carbocycles. The fourth-order valence-electron chi connectivity index (χ4n) is 1.88. The number of nitrogens with one attached hydrogen (secondary N) is 1. The number of benzene rings is 2. The number of hydrogen-bond donors (Lipinski definition) is 1. The minimum absolute atomic E-state index is 0.110. The lowest BCUT2D eigenvalue weighted by atomic mass is 10.1. The van der Waals surface area contributed by atoms with Gasteiger partial charge in [0, 0.05) is 18.2 Å². The van der Waals surface area contributed by atoms with Crippen LogP contribution in [-0.2, 0) is 0 Å². The predicted molar refractivity (Wildman–Crippen MR) is 81.6 cm³/mol. The molecule has 0 radical (unpaired) electrons. The summed E-state index contributed by atoms with van der Waals surface area (Å²) in [5, 5.41) is 14.7. The molecular weight excluding hydrogens is 318 g/mol. The molecule has 0 heterocycles. The summed E-state index contributed by atoms with van der Waals surface area (Å²) in [5.41, 5.74) is 0.699. The molecular formula is C14H11Cl2FN2O2. The highest BCUT2D eigenvalue weighted by Crippen LogP contribution is 2.31. The fraction of sp³-hybridized carbons (Fsp3) is 0.143.